The minimum Gasteiger partial charge on any atom is -0.489 e. The van der Waals surface area contributed by atoms with Crippen LogP contribution >= 0.6 is 0 Å². The molecule has 8 nitrogen and oxygen atoms in total. The Morgan fingerprint density at radius 3 is 2.48 bits per heavy atom. The summed E-state index contributed by atoms with van der Waals surface area (Å²) >= 11 is 0. The highest BCUT2D eigenvalue weighted by atomic mass is 16.5. The molecule has 0 aliphatic carbocycles. The number of aryl methyl sites for hydroxylation is 1. The number of benzene rings is 2. The lowest BCUT2D eigenvalue weighted by Gasteiger charge is -2.18. The Morgan fingerprint density at radius 1 is 1.10 bits per heavy atom. The molecule has 2 aromatic carbocycles. The van der Waals surface area contributed by atoms with Gasteiger partial charge < -0.3 is 26.4 Å². The van der Waals surface area contributed by atoms with Crippen LogP contribution in [-0.2, 0) is 11.3 Å². The molecule has 2 amide bonds. The van der Waals surface area contributed by atoms with E-state index < -0.39 is 5.91 Å². The Hall–Kier alpha value is -3.55. The molecule has 1 unspecified atom stereocenters. The molecule has 0 spiro atoms. The number of nitrogens with one attached hydrogen (secondary N) is 3. The molecule has 2 rings (SSSR count). The number of carbonyl (C=O) groups excluding carboxylic acids is 2. The molecule has 31 heavy (non-hydrogen) atoms. The number of aliphatic imine (C=N–C) groups is 1. The zero-order chi connectivity index (χ0) is 22.6. The van der Waals surface area contributed by atoms with Crippen molar-refractivity contribution in [1.82, 2.24) is 16.0 Å². The van der Waals surface area contributed by atoms with Crippen LogP contribution in [0.1, 0.15) is 35.3 Å². The molecule has 0 aromatic heterocycles. The molecule has 0 aliphatic rings. The predicted octanol–water partition coefficient (Wildman–Crippen LogP) is 1.73. The minimum absolute atomic E-state index is 0.0381. The molecule has 5 N–H and O–H groups in total. The highest BCUT2D eigenvalue weighted by molar-refractivity contribution is 5.96. The van der Waals surface area contributed by atoms with Gasteiger partial charge in [-0.3, -0.25) is 9.59 Å². The maximum Gasteiger partial charge on any atom is 0.251 e. The van der Waals surface area contributed by atoms with Crippen LogP contribution < -0.4 is 26.4 Å². The summed E-state index contributed by atoms with van der Waals surface area (Å²) in [5.41, 5.74) is 7.60. The fraction of sp³-hybridized carbons (Fsp3) is 0.348. The number of hydrogen-bond donors (Lipinski definition) is 4. The maximum absolute atomic E-state index is 11.9. The van der Waals surface area contributed by atoms with Gasteiger partial charge in [0.2, 0.25) is 5.91 Å². The monoisotopic (exact) mass is 425 g/mol. The fourth-order valence-corrected chi connectivity index (χ4v) is 2.75. The van der Waals surface area contributed by atoms with E-state index in [0.29, 0.717) is 24.6 Å². The SMILES string of the molecule is CCNC(=NCc1ccc(C(=O)NCC(N)=O)cc1)NCC(C)Oc1cccc(C)c1. The number of rotatable bonds is 10. The van der Waals surface area contributed by atoms with Crippen LogP contribution in [0.4, 0.5) is 0 Å². The first-order valence-corrected chi connectivity index (χ1v) is 10.3. The van der Waals surface area contributed by atoms with E-state index >= 15 is 0 Å². The summed E-state index contributed by atoms with van der Waals surface area (Å²) in [6.07, 6.45) is -0.0381. The normalized spacial score (nSPS) is 12.0. The van der Waals surface area contributed by atoms with Gasteiger partial charge in [0.25, 0.3) is 5.91 Å². The standard InChI is InChI=1S/C23H31N5O3/c1-4-25-23(27-13-17(3)31-20-7-5-6-16(2)12-20)28-14-18-8-10-19(11-9-18)22(30)26-15-21(24)29/h5-12,17H,4,13-15H2,1-3H3,(H2,24,29)(H,26,30)(H2,25,27,28). The number of nitrogens with zero attached hydrogens (tertiary/aromatic N) is 1. The quantitative estimate of drug-likeness (QED) is 0.342. The van der Waals surface area contributed by atoms with Gasteiger partial charge in [0.15, 0.2) is 5.96 Å². The summed E-state index contributed by atoms with van der Waals surface area (Å²) in [6.45, 7) is 7.63. The van der Waals surface area contributed by atoms with Crippen molar-refractivity contribution in [2.45, 2.75) is 33.4 Å². The van der Waals surface area contributed by atoms with Gasteiger partial charge in [-0.1, -0.05) is 24.3 Å². The third kappa shape index (κ3) is 8.77. The van der Waals surface area contributed by atoms with Crippen molar-refractivity contribution in [2.75, 3.05) is 19.6 Å². The zero-order valence-corrected chi connectivity index (χ0v) is 18.3. The molecule has 0 heterocycles. The van der Waals surface area contributed by atoms with Crippen molar-refractivity contribution in [2.24, 2.45) is 10.7 Å². The smallest absolute Gasteiger partial charge is 0.251 e. The van der Waals surface area contributed by atoms with Gasteiger partial charge >= 0.3 is 0 Å². The summed E-state index contributed by atoms with van der Waals surface area (Å²) < 4.78 is 5.94. The van der Waals surface area contributed by atoms with Crippen LogP contribution in [0.15, 0.2) is 53.5 Å². The molecular formula is C23H31N5O3. The fourth-order valence-electron chi connectivity index (χ4n) is 2.75. The highest BCUT2D eigenvalue weighted by Gasteiger charge is 2.08. The van der Waals surface area contributed by atoms with Gasteiger partial charge in [-0.15, -0.1) is 0 Å². The van der Waals surface area contributed by atoms with Gasteiger partial charge in [0, 0.05) is 12.1 Å². The van der Waals surface area contributed by atoms with Gasteiger partial charge in [-0.2, -0.15) is 0 Å². The van der Waals surface area contributed by atoms with E-state index in [1.54, 1.807) is 12.1 Å². The van der Waals surface area contributed by atoms with Crippen LogP contribution in [-0.4, -0.2) is 43.5 Å². The second kappa shape index (κ2) is 12.2. The van der Waals surface area contributed by atoms with E-state index in [1.165, 1.54) is 0 Å². The first kappa shape index (κ1) is 23.7. The Balaban J connectivity index is 1.88. The average molecular weight is 426 g/mol. The molecule has 0 saturated heterocycles. The molecule has 0 bridgehead atoms. The highest BCUT2D eigenvalue weighted by Crippen LogP contribution is 2.13. The summed E-state index contributed by atoms with van der Waals surface area (Å²) in [6, 6.07) is 15.0. The van der Waals surface area contributed by atoms with Crippen molar-refractivity contribution >= 4 is 17.8 Å². The van der Waals surface area contributed by atoms with E-state index in [-0.39, 0.29) is 18.6 Å². The first-order chi connectivity index (χ1) is 14.9. The van der Waals surface area contributed by atoms with E-state index in [9.17, 15) is 9.59 Å². The zero-order valence-electron chi connectivity index (χ0n) is 18.3. The summed E-state index contributed by atoms with van der Waals surface area (Å²) in [5, 5.41) is 8.96. The largest absolute Gasteiger partial charge is 0.489 e. The van der Waals surface area contributed by atoms with Crippen LogP contribution in [0.2, 0.25) is 0 Å². The Kier molecular flexibility index (Phi) is 9.35. The molecule has 2 aromatic rings. The molecule has 0 saturated carbocycles. The third-order valence-electron chi connectivity index (χ3n) is 4.29. The molecule has 1 atom stereocenters. The molecule has 0 aliphatic heterocycles. The number of guanidine groups is 1. The van der Waals surface area contributed by atoms with Crippen molar-refractivity contribution < 1.29 is 14.3 Å². The summed E-state index contributed by atoms with van der Waals surface area (Å²) in [5.74, 6) is 0.606. The molecule has 0 radical (unpaired) electrons. The number of nitrogens with two attached hydrogens (primary N) is 1. The molecule has 8 heteroatoms. The number of primary amides is 1. The van der Waals surface area contributed by atoms with Gasteiger partial charge in [-0.25, -0.2) is 4.99 Å². The second-order valence-electron chi connectivity index (χ2n) is 7.17. The lowest BCUT2D eigenvalue weighted by atomic mass is 10.1. The second-order valence-corrected chi connectivity index (χ2v) is 7.17. The maximum atomic E-state index is 11.9. The Labute approximate surface area is 183 Å². The topological polar surface area (TPSA) is 118 Å². The van der Waals surface area contributed by atoms with Crippen molar-refractivity contribution in [3.63, 3.8) is 0 Å². The lowest BCUT2D eigenvalue weighted by Crippen LogP contribution is -2.41. The molecular weight excluding hydrogens is 394 g/mol. The molecule has 0 fully saturated rings. The van der Waals surface area contributed by atoms with Crippen LogP contribution in [0, 0.1) is 6.92 Å². The van der Waals surface area contributed by atoms with E-state index in [1.807, 2.05) is 57.2 Å². The first-order valence-electron chi connectivity index (χ1n) is 10.3. The summed E-state index contributed by atoms with van der Waals surface area (Å²) in [4.78, 5) is 27.3. The number of amides is 2. The van der Waals surface area contributed by atoms with E-state index in [2.05, 4.69) is 20.9 Å². The Morgan fingerprint density at radius 2 is 1.84 bits per heavy atom. The van der Waals surface area contributed by atoms with Gasteiger partial charge in [0.05, 0.1) is 19.6 Å². The van der Waals surface area contributed by atoms with Gasteiger partial charge in [-0.05, 0) is 56.2 Å². The van der Waals surface area contributed by atoms with Crippen molar-refractivity contribution in [1.29, 1.82) is 0 Å². The van der Waals surface area contributed by atoms with Crippen molar-refractivity contribution in [3.05, 3.63) is 65.2 Å². The number of hydrogen-bond acceptors (Lipinski definition) is 4. The van der Waals surface area contributed by atoms with Gasteiger partial charge in [0.1, 0.15) is 11.9 Å². The van der Waals surface area contributed by atoms with Crippen molar-refractivity contribution in [3.8, 4) is 5.75 Å². The number of carbonyl (C=O) groups is 2. The summed E-state index contributed by atoms with van der Waals surface area (Å²) in [7, 11) is 0. The van der Waals surface area contributed by atoms with Crippen LogP contribution in [0.5, 0.6) is 5.75 Å². The third-order valence-corrected chi connectivity index (χ3v) is 4.29. The van der Waals surface area contributed by atoms with Crippen LogP contribution in [0.3, 0.4) is 0 Å². The predicted molar refractivity (Wildman–Crippen MR) is 122 cm³/mol. The minimum atomic E-state index is -0.582. The number of ether oxygens (including phenoxy) is 1. The Bertz CT molecular complexity index is 896. The lowest BCUT2D eigenvalue weighted by molar-refractivity contribution is -0.117. The van der Waals surface area contributed by atoms with Crippen LogP contribution in [0.25, 0.3) is 0 Å². The average Bonchev–Trinajstić information content (AvgIpc) is 2.74. The molecule has 166 valence electrons. The van der Waals surface area contributed by atoms with E-state index in [4.69, 9.17) is 10.5 Å². The van der Waals surface area contributed by atoms with E-state index in [0.717, 1.165) is 23.4 Å².